The van der Waals surface area contributed by atoms with Crippen LogP contribution < -0.4 is 5.32 Å². The number of rotatable bonds is 5. The molecule has 6 heteroatoms. The summed E-state index contributed by atoms with van der Waals surface area (Å²) in [7, 11) is 0. The van der Waals surface area contributed by atoms with Gasteiger partial charge >= 0.3 is 0 Å². The van der Waals surface area contributed by atoms with E-state index in [0.29, 0.717) is 43.3 Å². The minimum Gasteiger partial charge on any atom is -0.349 e. The number of nitrogens with zero attached hydrogens (tertiary/aromatic N) is 2. The Kier molecular flexibility index (Phi) is 5.69. The summed E-state index contributed by atoms with van der Waals surface area (Å²) < 4.78 is 0. The molecule has 33 heavy (non-hydrogen) atoms. The number of hydrogen-bond acceptors (Lipinski definition) is 3. The van der Waals surface area contributed by atoms with E-state index < -0.39 is 0 Å². The summed E-state index contributed by atoms with van der Waals surface area (Å²) in [6.07, 6.45) is 5.21. The van der Waals surface area contributed by atoms with E-state index in [1.165, 1.54) is 0 Å². The van der Waals surface area contributed by atoms with Gasteiger partial charge in [0, 0.05) is 48.8 Å². The van der Waals surface area contributed by atoms with E-state index in [0.717, 1.165) is 43.2 Å². The lowest BCUT2D eigenvalue weighted by Crippen LogP contribution is -2.55. The van der Waals surface area contributed by atoms with Gasteiger partial charge in [0.2, 0.25) is 5.91 Å². The molecule has 0 radical (unpaired) electrons. The van der Waals surface area contributed by atoms with Gasteiger partial charge in [0.05, 0.1) is 0 Å². The van der Waals surface area contributed by atoms with Crippen molar-refractivity contribution in [2.75, 3.05) is 26.2 Å². The SMILES string of the molecule is CC1(C(=O)N2CCN(C(=O)c3ccc(-c4cccc(C(=O)NC5CC5)c4)cc3)CC2)CCC1. The first-order chi connectivity index (χ1) is 15.9. The summed E-state index contributed by atoms with van der Waals surface area (Å²) in [5.41, 5.74) is 3.04. The van der Waals surface area contributed by atoms with Gasteiger partial charge in [-0.05, 0) is 61.1 Å². The van der Waals surface area contributed by atoms with Crippen LogP contribution in [0.2, 0.25) is 0 Å². The third kappa shape index (κ3) is 4.52. The second-order valence-electron chi connectivity index (χ2n) is 9.90. The van der Waals surface area contributed by atoms with E-state index in [4.69, 9.17) is 0 Å². The summed E-state index contributed by atoms with van der Waals surface area (Å²) in [5, 5.41) is 3.02. The lowest BCUT2D eigenvalue weighted by molar-refractivity contribution is -0.147. The van der Waals surface area contributed by atoms with Gasteiger partial charge in [-0.2, -0.15) is 0 Å². The third-order valence-electron chi connectivity index (χ3n) is 7.33. The molecule has 6 nitrogen and oxygen atoms in total. The van der Waals surface area contributed by atoms with Crippen molar-refractivity contribution >= 4 is 17.7 Å². The second kappa shape index (κ2) is 8.65. The van der Waals surface area contributed by atoms with E-state index in [1.54, 1.807) is 0 Å². The number of hydrogen-bond donors (Lipinski definition) is 1. The lowest BCUT2D eigenvalue weighted by Gasteiger charge is -2.43. The molecule has 0 aromatic heterocycles. The Hall–Kier alpha value is -3.15. The van der Waals surface area contributed by atoms with Crippen LogP contribution in [0.4, 0.5) is 0 Å². The van der Waals surface area contributed by atoms with Crippen LogP contribution in [0, 0.1) is 5.41 Å². The van der Waals surface area contributed by atoms with E-state index in [2.05, 4.69) is 12.2 Å². The molecule has 1 aliphatic heterocycles. The lowest BCUT2D eigenvalue weighted by atomic mass is 9.69. The van der Waals surface area contributed by atoms with E-state index in [-0.39, 0.29) is 23.1 Å². The summed E-state index contributed by atoms with van der Waals surface area (Å²) >= 11 is 0. The molecule has 2 aromatic carbocycles. The van der Waals surface area contributed by atoms with Crippen LogP contribution in [0.15, 0.2) is 48.5 Å². The molecule has 1 saturated heterocycles. The molecule has 0 bridgehead atoms. The average Bonchev–Trinajstić information content (AvgIpc) is 3.66. The second-order valence-corrected chi connectivity index (χ2v) is 9.90. The van der Waals surface area contributed by atoms with Gasteiger partial charge < -0.3 is 15.1 Å². The summed E-state index contributed by atoms with van der Waals surface area (Å²) in [4.78, 5) is 41.9. The molecule has 0 spiro atoms. The highest BCUT2D eigenvalue weighted by atomic mass is 16.2. The molecular weight excluding hydrogens is 414 g/mol. The molecule has 3 aliphatic rings. The zero-order chi connectivity index (χ0) is 23.0. The van der Waals surface area contributed by atoms with Crippen molar-refractivity contribution in [2.45, 2.75) is 45.1 Å². The van der Waals surface area contributed by atoms with E-state index in [1.807, 2.05) is 58.3 Å². The van der Waals surface area contributed by atoms with Crippen molar-refractivity contribution in [1.29, 1.82) is 0 Å². The fourth-order valence-electron chi connectivity index (χ4n) is 4.74. The van der Waals surface area contributed by atoms with Gasteiger partial charge in [-0.15, -0.1) is 0 Å². The van der Waals surface area contributed by atoms with E-state index >= 15 is 0 Å². The van der Waals surface area contributed by atoms with Crippen LogP contribution in [0.1, 0.15) is 59.7 Å². The minimum atomic E-state index is -0.183. The van der Waals surface area contributed by atoms with Gasteiger partial charge in [0.25, 0.3) is 11.8 Å². The maximum Gasteiger partial charge on any atom is 0.253 e. The molecule has 3 amide bonds. The Morgan fingerprint density at radius 3 is 2.12 bits per heavy atom. The van der Waals surface area contributed by atoms with Crippen LogP contribution in [0.25, 0.3) is 11.1 Å². The monoisotopic (exact) mass is 445 g/mol. The van der Waals surface area contributed by atoms with Gasteiger partial charge in [-0.3, -0.25) is 14.4 Å². The van der Waals surface area contributed by atoms with Gasteiger partial charge in [0.15, 0.2) is 0 Å². The van der Waals surface area contributed by atoms with Crippen LogP contribution >= 0.6 is 0 Å². The molecule has 172 valence electrons. The summed E-state index contributed by atoms with van der Waals surface area (Å²) in [6, 6.07) is 15.5. The third-order valence-corrected chi connectivity index (χ3v) is 7.33. The predicted octanol–water partition coefficient (Wildman–Crippen LogP) is 3.72. The molecule has 2 aromatic rings. The Morgan fingerprint density at radius 1 is 0.848 bits per heavy atom. The molecule has 1 heterocycles. The fraction of sp³-hybridized carbons (Fsp3) is 0.444. The predicted molar refractivity (Wildman–Crippen MR) is 127 cm³/mol. The number of carbonyl (C=O) groups is 3. The Labute approximate surface area is 194 Å². The quantitative estimate of drug-likeness (QED) is 0.763. The molecule has 2 saturated carbocycles. The van der Waals surface area contributed by atoms with Crippen LogP contribution in [0.5, 0.6) is 0 Å². The van der Waals surface area contributed by atoms with Gasteiger partial charge in [-0.1, -0.05) is 37.6 Å². The van der Waals surface area contributed by atoms with Crippen molar-refractivity contribution in [3.8, 4) is 11.1 Å². The Balaban J connectivity index is 1.20. The number of nitrogens with one attached hydrogen (secondary N) is 1. The van der Waals surface area contributed by atoms with Crippen molar-refractivity contribution in [3.05, 3.63) is 59.7 Å². The zero-order valence-electron chi connectivity index (χ0n) is 19.2. The summed E-state index contributed by atoms with van der Waals surface area (Å²) in [5.74, 6) is 0.217. The highest BCUT2D eigenvalue weighted by molar-refractivity contribution is 5.96. The molecule has 5 rings (SSSR count). The number of amides is 3. The highest BCUT2D eigenvalue weighted by Gasteiger charge is 2.42. The van der Waals surface area contributed by atoms with Crippen LogP contribution in [-0.4, -0.2) is 59.7 Å². The largest absolute Gasteiger partial charge is 0.349 e. The maximum atomic E-state index is 13.0. The van der Waals surface area contributed by atoms with Crippen molar-refractivity contribution < 1.29 is 14.4 Å². The Morgan fingerprint density at radius 2 is 1.52 bits per heavy atom. The van der Waals surface area contributed by atoms with Gasteiger partial charge in [-0.25, -0.2) is 0 Å². The maximum absolute atomic E-state index is 13.0. The molecular formula is C27H31N3O3. The number of piperazine rings is 1. The molecule has 3 fully saturated rings. The molecule has 0 unspecified atom stereocenters. The topological polar surface area (TPSA) is 69.7 Å². The molecule has 1 N–H and O–H groups in total. The Bertz CT molecular complexity index is 1060. The van der Waals surface area contributed by atoms with E-state index in [9.17, 15) is 14.4 Å². The standard InChI is InChI=1S/C27H31N3O3/c1-27(12-3-13-27)26(33)30-16-14-29(15-17-30)25(32)20-8-6-19(7-9-20)21-4-2-5-22(18-21)24(31)28-23-10-11-23/h2,4-9,18,23H,3,10-17H2,1H3,(H,28,31). The first kappa shape index (κ1) is 21.7. The normalized spacial score (nSPS) is 19.5. The highest BCUT2D eigenvalue weighted by Crippen LogP contribution is 2.42. The van der Waals surface area contributed by atoms with Crippen molar-refractivity contribution in [2.24, 2.45) is 5.41 Å². The smallest absolute Gasteiger partial charge is 0.253 e. The summed E-state index contributed by atoms with van der Waals surface area (Å²) in [6.45, 7) is 4.41. The first-order valence-electron chi connectivity index (χ1n) is 12.0. The molecule has 2 aliphatic carbocycles. The first-order valence-corrected chi connectivity index (χ1v) is 12.0. The van der Waals surface area contributed by atoms with Crippen molar-refractivity contribution in [3.63, 3.8) is 0 Å². The van der Waals surface area contributed by atoms with Crippen LogP contribution in [-0.2, 0) is 4.79 Å². The van der Waals surface area contributed by atoms with Crippen molar-refractivity contribution in [1.82, 2.24) is 15.1 Å². The van der Waals surface area contributed by atoms with Gasteiger partial charge in [0.1, 0.15) is 0 Å². The average molecular weight is 446 g/mol. The number of benzene rings is 2. The van der Waals surface area contributed by atoms with Crippen LogP contribution in [0.3, 0.4) is 0 Å². The number of carbonyl (C=O) groups excluding carboxylic acids is 3. The fourth-order valence-corrected chi connectivity index (χ4v) is 4.74. The minimum absolute atomic E-state index is 0.000988. The zero-order valence-corrected chi connectivity index (χ0v) is 19.2. The molecule has 0 atom stereocenters.